The average molecular weight is 229 g/mol. The van der Waals surface area contributed by atoms with Crippen molar-refractivity contribution in [3.05, 3.63) is 6.42 Å². The summed E-state index contributed by atoms with van der Waals surface area (Å²) in [7, 11) is 0. The van der Waals surface area contributed by atoms with E-state index >= 15 is 0 Å². The van der Waals surface area contributed by atoms with E-state index in [-0.39, 0.29) is 40.0 Å². The zero-order valence-corrected chi connectivity index (χ0v) is 10.6. The van der Waals surface area contributed by atoms with Crippen molar-refractivity contribution in [2.45, 2.75) is 39.5 Å². The SMILES string of the molecule is CCCC1[CH-]C(C)CC1.[Br-].[Mg+2]. The Morgan fingerprint density at radius 2 is 2.00 bits per heavy atom. The minimum absolute atomic E-state index is 0. The molecule has 1 rings (SSSR count). The van der Waals surface area contributed by atoms with Crippen LogP contribution in [-0.2, 0) is 0 Å². The van der Waals surface area contributed by atoms with E-state index in [0.29, 0.717) is 0 Å². The van der Waals surface area contributed by atoms with Gasteiger partial charge in [0, 0.05) is 0 Å². The second-order valence-electron chi connectivity index (χ2n) is 3.30. The fraction of sp³-hybridized carbons (Fsp3) is 0.889. The number of hydrogen-bond acceptors (Lipinski definition) is 0. The van der Waals surface area contributed by atoms with Gasteiger partial charge < -0.3 is 23.4 Å². The summed E-state index contributed by atoms with van der Waals surface area (Å²) in [5.74, 6) is 1.87. The quantitative estimate of drug-likeness (QED) is 0.449. The predicted molar refractivity (Wildman–Crippen MR) is 46.9 cm³/mol. The fourth-order valence-corrected chi connectivity index (χ4v) is 1.75. The van der Waals surface area contributed by atoms with Crippen LogP contribution in [0.4, 0.5) is 0 Å². The summed E-state index contributed by atoms with van der Waals surface area (Å²) in [5.41, 5.74) is 0. The normalized spacial score (nSPS) is 28.9. The minimum atomic E-state index is 0. The van der Waals surface area contributed by atoms with Gasteiger partial charge in [0.1, 0.15) is 0 Å². The molecule has 11 heavy (non-hydrogen) atoms. The molecule has 0 spiro atoms. The van der Waals surface area contributed by atoms with Gasteiger partial charge in [-0.2, -0.15) is 11.8 Å². The van der Waals surface area contributed by atoms with Gasteiger partial charge in [-0.3, -0.25) is 0 Å². The van der Waals surface area contributed by atoms with Crippen molar-refractivity contribution in [3.8, 4) is 0 Å². The zero-order chi connectivity index (χ0) is 6.69. The maximum Gasteiger partial charge on any atom is 2.00 e. The Kier molecular flexibility index (Phi) is 10.6. The van der Waals surface area contributed by atoms with Gasteiger partial charge in [-0.25, -0.2) is 0 Å². The summed E-state index contributed by atoms with van der Waals surface area (Å²) < 4.78 is 0. The molecule has 0 radical (unpaired) electrons. The van der Waals surface area contributed by atoms with Gasteiger partial charge >= 0.3 is 23.1 Å². The Bertz CT molecular complexity index is 83.6. The van der Waals surface area contributed by atoms with Crippen LogP contribution < -0.4 is 17.0 Å². The van der Waals surface area contributed by atoms with E-state index in [9.17, 15) is 0 Å². The smallest absolute Gasteiger partial charge is 1.00 e. The second kappa shape index (κ2) is 7.87. The summed E-state index contributed by atoms with van der Waals surface area (Å²) in [4.78, 5) is 0. The van der Waals surface area contributed by atoms with Crippen LogP contribution in [0.1, 0.15) is 39.5 Å². The van der Waals surface area contributed by atoms with Crippen molar-refractivity contribution in [2.75, 3.05) is 0 Å². The molecule has 0 N–H and O–H groups in total. The van der Waals surface area contributed by atoms with Crippen molar-refractivity contribution in [1.29, 1.82) is 0 Å². The van der Waals surface area contributed by atoms with E-state index in [1.165, 1.54) is 25.7 Å². The van der Waals surface area contributed by atoms with E-state index in [2.05, 4.69) is 20.3 Å². The maximum atomic E-state index is 2.53. The summed E-state index contributed by atoms with van der Waals surface area (Å²) in [6.07, 6.45) is 8.20. The summed E-state index contributed by atoms with van der Waals surface area (Å²) in [6.45, 7) is 4.60. The Balaban J connectivity index is 0. The predicted octanol–water partition coefficient (Wildman–Crippen LogP) is -0.340. The number of hydrogen-bond donors (Lipinski definition) is 0. The zero-order valence-electron chi connectivity index (χ0n) is 7.65. The van der Waals surface area contributed by atoms with Crippen LogP contribution in [0.15, 0.2) is 0 Å². The van der Waals surface area contributed by atoms with Crippen LogP contribution in [0.25, 0.3) is 0 Å². The largest absolute Gasteiger partial charge is 2.00 e. The first-order chi connectivity index (χ1) is 4.33. The summed E-state index contributed by atoms with van der Waals surface area (Å²) in [6, 6.07) is 0. The molecule has 1 saturated carbocycles. The number of rotatable bonds is 2. The van der Waals surface area contributed by atoms with Gasteiger partial charge in [0.25, 0.3) is 0 Å². The average Bonchev–Trinajstić information content (AvgIpc) is 2.17. The molecule has 2 heteroatoms. The molecule has 2 unspecified atom stereocenters. The van der Waals surface area contributed by atoms with Gasteiger partial charge in [-0.1, -0.05) is 39.5 Å². The van der Waals surface area contributed by atoms with Crippen molar-refractivity contribution >= 4 is 23.1 Å². The third-order valence-corrected chi connectivity index (χ3v) is 2.25. The van der Waals surface area contributed by atoms with Crippen molar-refractivity contribution in [1.82, 2.24) is 0 Å². The monoisotopic (exact) mass is 228 g/mol. The molecule has 2 atom stereocenters. The van der Waals surface area contributed by atoms with Crippen LogP contribution in [0.3, 0.4) is 0 Å². The van der Waals surface area contributed by atoms with Gasteiger partial charge in [0.15, 0.2) is 0 Å². The van der Waals surface area contributed by atoms with E-state index < -0.39 is 0 Å². The van der Waals surface area contributed by atoms with E-state index in [1.54, 1.807) is 0 Å². The van der Waals surface area contributed by atoms with Crippen molar-refractivity contribution in [2.24, 2.45) is 11.8 Å². The number of halogens is 1. The molecular weight excluding hydrogens is 212 g/mol. The first-order valence-electron chi connectivity index (χ1n) is 4.18. The van der Waals surface area contributed by atoms with Crippen LogP contribution >= 0.6 is 0 Å². The van der Waals surface area contributed by atoms with Gasteiger partial charge in [-0.05, 0) is 0 Å². The molecule has 0 aromatic rings. The molecule has 0 heterocycles. The van der Waals surface area contributed by atoms with Crippen molar-refractivity contribution in [3.63, 3.8) is 0 Å². The van der Waals surface area contributed by atoms with Crippen LogP contribution in [0.5, 0.6) is 0 Å². The Labute approximate surface area is 97.4 Å². The third-order valence-electron chi connectivity index (χ3n) is 2.25. The molecule has 0 bridgehead atoms. The maximum absolute atomic E-state index is 2.53. The van der Waals surface area contributed by atoms with E-state index in [4.69, 9.17) is 0 Å². The molecule has 0 nitrogen and oxygen atoms in total. The molecule has 0 aromatic carbocycles. The molecule has 1 aliphatic rings. The van der Waals surface area contributed by atoms with Crippen LogP contribution in [0, 0.1) is 18.3 Å². The molecule has 0 aromatic heterocycles. The summed E-state index contributed by atoms with van der Waals surface area (Å²) in [5, 5.41) is 0. The standard InChI is InChI=1S/C9H17.BrH.Mg/c1-3-4-9-6-5-8(2)7-9;;/h7-9H,3-6H2,1-2H3;1H;/q-1;;+2/p-1. The molecule has 1 fully saturated rings. The van der Waals surface area contributed by atoms with E-state index in [0.717, 1.165) is 11.8 Å². The van der Waals surface area contributed by atoms with Gasteiger partial charge in [0.05, 0.1) is 0 Å². The Morgan fingerprint density at radius 3 is 2.36 bits per heavy atom. The summed E-state index contributed by atoms with van der Waals surface area (Å²) >= 11 is 0. The third kappa shape index (κ3) is 5.48. The van der Waals surface area contributed by atoms with Crippen LogP contribution in [-0.4, -0.2) is 23.1 Å². The van der Waals surface area contributed by atoms with E-state index in [1.807, 2.05) is 0 Å². The van der Waals surface area contributed by atoms with Crippen molar-refractivity contribution < 1.29 is 17.0 Å². The Morgan fingerprint density at radius 1 is 1.36 bits per heavy atom. The first kappa shape index (κ1) is 14.8. The van der Waals surface area contributed by atoms with Crippen LogP contribution in [0.2, 0.25) is 0 Å². The molecule has 0 aliphatic heterocycles. The minimum Gasteiger partial charge on any atom is -1.00 e. The fourth-order valence-electron chi connectivity index (χ4n) is 1.75. The van der Waals surface area contributed by atoms with Gasteiger partial charge in [0.2, 0.25) is 0 Å². The first-order valence-corrected chi connectivity index (χ1v) is 4.18. The topological polar surface area (TPSA) is 0 Å². The second-order valence-corrected chi connectivity index (χ2v) is 3.30. The molecule has 1 aliphatic carbocycles. The Hall–Kier alpha value is 1.25. The molecular formula is C9H17BrMg. The molecule has 0 amide bonds. The molecule has 0 saturated heterocycles. The van der Waals surface area contributed by atoms with Gasteiger partial charge in [-0.15, -0.1) is 0 Å². The molecule has 62 valence electrons.